The number of H-pyrrole nitrogens is 1. The molecule has 0 saturated carbocycles. The van der Waals surface area contributed by atoms with Crippen molar-refractivity contribution in [2.75, 3.05) is 0 Å². The summed E-state index contributed by atoms with van der Waals surface area (Å²) in [6.45, 7) is 6.29. The van der Waals surface area contributed by atoms with E-state index < -0.39 is 6.04 Å². The summed E-state index contributed by atoms with van der Waals surface area (Å²) in [4.78, 5) is 15.4. The van der Waals surface area contributed by atoms with Crippen LogP contribution >= 0.6 is 0 Å². The van der Waals surface area contributed by atoms with E-state index in [-0.39, 0.29) is 11.9 Å². The van der Waals surface area contributed by atoms with Crippen LogP contribution in [-0.4, -0.2) is 23.0 Å². The van der Waals surface area contributed by atoms with Gasteiger partial charge in [0.05, 0.1) is 6.04 Å². The Morgan fingerprint density at radius 2 is 2.05 bits per heavy atom. The molecular formula is C17H25N3O. The van der Waals surface area contributed by atoms with Crippen molar-refractivity contribution in [2.24, 2.45) is 11.7 Å². The van der Waals surface area contributed by atoms with Gasteiger partial charge in [0.2, 0.25) is 5.91 Å². The SMILES string of the molecule is CCC(C)C(C)NC(=O)[C@@H](N)Cc1c[nH]c2ccccc12. The number of carbonyl (C=O) groups excluding carboxylic acids is 1. The average Bonchev–Trinajstić information content (AvgIpc) is 2.89. The fourth-order valence-electron chi connectivity index (χ4n) is 2.46. The number of fused-ring (bicyclic) bond motifs is 1. The Labute approximate surface area is 126 Å². The van der Waals surface area contributed by atoms with Crippen LogP contribution in [0.25, 0.3) is 10.9 Å². The van der Waals surface area contributed by atoms with Gasteiger partial charge in [0.25, 0.3) is 0 Å². The highest BCUT2D eigenvalue weighted by atomic mass is 16.2. The topological polar surface area (TPSA) is 70.9 Å². The smallest absolute Gasteiger partial charge is 0.237 e. The summed E-state index contributed by atoms with van der Waals surface area (Å²) in [6.07, 6.45) is 3.53. The van der Waals surface area contributed by atoms with Gasteiger partial charge in [-0.05, 0) is 30.9 Å². The number of hydrogen-bond donors (Lipinski definition) is 3. The summed E-state index contributed by atoms with van der Waals surface area (Å²) in [7, 11) is 0. The highest BCUT2D eigenvalue weighted by Crippen LogP contribution is 2.18. The summed E-state index contributed by atoms with van der Waals surface area (Å²) in [5, 5.41) is 4.15. The van der Waals surface area contributed by atoms with Gasteiger partial charge in [-0.3, -0.25) is 4.79 Å². The van der Waals surface area contributed by atoms with E-state index in [1.54, 1.807) is 0 Å². The van der Waals surface area contributed by atoms with Gasteiger partial charge in [0, 0.05) is 23.1 Å². The van der Waals surface area contributed by atoms with Crippen LogP contribution in [-0.2, 0) is 11.2 Å². The van der Waals surface area contributed by atoms with Crippen LogP contribution in [0.5, 0.6) is 0 Å². The third-order valence-corrected chi connectivity index (χ3v) is 4.32. The van der Waals surface area contributed by atoms with Crippen molar-refractivity contribution in [1.82, 2.24) is 10.3 Å². The molecule has 4 N–H and O–H groups in total. The average molecular weight is 287 g/mol. The monoisotopic (exact) mass is 287 g/mol. The summed E-state index contributed by atoms with van der Waals surface area (Å²) >= 11 is 0. The number of nitrogens with one attached hydrogen (secondary N) is 2. The molecule has 0 radical (unpaired) electrons. The summed E-state index contributed by atoms with van der Waals surface area (Å²) < 4.78 is 0. The molecule has 4 nitrogen and oxygen atoms in total. The van der Waals surface area contributed by atoms with Crippen molar-refractivity contribution in [2.45, 2.75) is 45.7 Å². The zero-order valence-corrected chi connectivity index (χ0v) is 13.0. The molecule has 0 bridgehead atoms. The lowest BCUT2D eigenvalue weighted by molar-refractivity contribution is -0.123. The van der Waals surface area contributed by atoms with Gasteiger partial charge < -0.3 is 16.0 Å². The quantitative estimate of drug-likeness (QED) is 0.764. The molecule has 2 rings (SSSR count). The van der Waals surface area contributed by atoms with Crippen molar-refractivity contribution in [3.8, 4) is 0 Å². The van der Waals surface area contributed by atoms with Crippen molar-refractivity contribution in [1.29, 1.82) is 0 Å². The van der Waals surface area contributed by atoms with E-state index in [0.29, 0.717) is 12.3 Å². The standard InChI is InChI=1S/C17H25N3O/c1-4-11(2)12(3)20-17(21)15(18)9-13-10-19-16-8-6-5-7-14(13)16/h5-8,10-12,15,19H,4,9,18H2,1-3H3,(H,20,21)/t11?,12?,15-/m0/s1. The molecule has 3 atom stereocenters. The third kappa shape index (κ3) is 3.64. The molecule has 0 saturated heterocycles. The predicted octanol–water partition coefficient (Wildman–Crippen LogP) is 2.59. The maximum absolute atomic E-state index is 12.2. The largest absolute Gasteiger partial charge is 0.361 e. The van der Waals surface area contributed by atoms with Gasteiger partial charge in [-0.15, -0.1) is 0 Å². The molecule has 0 aliphatic rings. The summed E-state index contributed by atoms with van der Waals surface area (Å²) in [6, 6.07) is 7.69. The number of benzene rings is 1. The van der Waals surface area contributed by atoms with Gasteiger partial charge in [-0.25, -0.2) is 0 Å². The van der Waals surface area contributed by atoms with Gasteiger partial charge in [0.15, 0.2) is 0 Å². The van der Waals surface area contributed by atoms with Crippen LogP contribution in [0.1, 0.15) is 32.8 Å². The molecule has 0 aliphatic carbocycles. The molecule has 21 heavy (non-hydrogen) atoms. The minimum atomic E-state index is -0.518. The number of para-hydroxylation sites is 1. The molecular weight excluding hydrogens is 262 g/mol. The minimum Gasteiger partial charge on any atom is -0.361 e. The van der Waals surface area contributed by atoms with Gasteiger partial charge >= 0.3 is 0 Å². The molecule has 2 unspecified atom stereocenters. The normalized spacial score (nSPS) is 15.6. The van der Waals surface area contributed by atoms with Crippen LogP contribution in [0.15, 0.2) is 30.5 Å². The van der Waals surface area contributed by atoms with Crippen LogP contribution < -0.4 is 11.1 Å². The van der Waals surface area contributed by atoms with Crippen molar-refractivity contribution < 1.29 is 4.79 Å². The first-order valence-electron chi connectivity index (χ1n) is 7.63. The number of rotatable bonds is 6. The number of carbonyl (C=O) groups is 1. The van der Waals surface area contributed by atoms with Crippen molar-refractivity contribution in [3.05, 3.63) is 36.0 Å². The molecule has 0 spiro atoms. The van der Waals surface area contributed by atoms with Gasteiger partial charge in [-0.1, -0.05) is 38.5 Å². The number of nitrogens with two attached hydrogens (primary N) is 1. The lowest BCUT2D eigenvalue weighted by Gasteiger charge is -2.22. The van der Waals surface area contributed by atoms with E-state index >= 15 is 0 Å². The van der Waals surface area contributed by atoms with Gasteiger partial charge in [-0.2, -0.15) is 0 Å². The lowest BCUT2D eigenvalue weighted by Crippen LogP contribution is -2.47. The molecule has 1 amide bonds. The maximum atomic E-state index is 12.2. The van der Waals surface area contributed by atoms with Crippen LogP contribution in [0.4, 0.5) is 0 Å². The Morgan fingerprint density at radius 3 is 2.76 bits per heavy atom. The predicted molar refractivity (Wildman–Crippen MR) is 87.0 cm³/mol. The van der Waals surface area contributed by atoms with Crippen LogP contribution in [0.3, 0.4) is 0 Å². The second-order valence-electron chi connectivity index (χ2n) is 5.85. The van der Waals surface area contributed by atoms with E-state index in [0.717, 1.165) is 22.9 Å². The zero-order valence-electron chi connectivity index (χ0n) is 13.0. The zero-order chi connectivity index (χ0) is 15.4. The molecule has 0 fully saturated rings. The third-order valence-electron chi connectivity index (χ3n) is 4.32. The molecule has 2 aromatic rings. The molecule has 4 heteroatoms. The van der Waals surface area contributed by atoms with Gasteiger partial charge in [0.1, 0.15) is 0 Å². The van der Waals surface area contributed by atoms with Crippen LogP contribution in [0, 0.1) is 5.92 Å². The first-order valence-corrected chi connectivity index (χ1v) is 7.63. The second-order valence-corrected chi connectivity index (χ2v) is 5.85. The minimum absolute atomic E-state index is 0.0759. The van der Waals surface area contributed by atoms with Crippen LogP contribution in [0.2, 0.25) is 0 Å². The maximum Gasteiger partial charge on any atom is 0.237 e. The van der Waals surface area contributed by atoms with E-state index in [9.17, 15) is 4.79 Å². The van der Waals surface area contributed by atoms with E-state index in [4.69, 9.17) is 5.73 Å². The van der Waals surface area contributed by atoms with Crippen molar-refractivity contribution in [3.63, 3.8) is 0 Å². The molecule has 114 valence electrons. The highest BCUT2D eigenvalue weighted by molar-refractivity contribution is 5.86. The summed E-state index contributed by atoms with van der Waals surface area (Å²) in [5.41, 5.74) is 8.23. The van der Waals surface area contributed by atoms with E-state index in [1.165, 1.54) is 0 Å². The number of aromatic amines is 1. The summed E-state index contributed by atoms with van der Waals surface area (Å²) in [5.74, 6) is 0.377. The Bertz CT molecular complexity index is 605. The Morgan fingerprint density at radius 1 is 1.33 bits per heavy atom. The number of amides is 1. The Hall–Kier alpha value is -1.81. The fourth-order valence-corrected chi connectivity index (χ4v) is 2.46. The molecule has 0 aliphatic heterocycles. The molecule has 1 heterocycles. The molecule has 1 aromatic heterocycles. The molecule has 1 aromatic carbocycles. The first-order chi connectivity index (χ1) is 10.0. The lowest BCUT2D eigenvalue weighted by atomic mass is 9.99. The number of aromatic nitrogens is 1. The Kier molecular flexibility index (Phi) is 5.02. The number of hydrogen-bond acceptors (Lipinski definition) is 2. The Balaban J connectivity index is 2.00. The van der Waals surface area contributed by atoms with E-state index in [2.05, 4.69) is 24.1 Å². The highest BCUT2D eigenvalue weighted by Gasteiger charge is 2.19. The second kappa shape index (κ2) is 6.76. The van der Waals surface area contributed by atoms with E-state index in [1.807, 2.05) is 37.4 Å². The first kappa shape index (κ1) is 15.6. The van der Waals surface area contributed by atoms with Crippen molar-refractivity contribution >= 4 is 16.8 Å². The fraction of sp³-hybridized carbons (Fsp3) is 0.471.